The molecular formula is C28H46O. The highest BCUT2D eigenvalue weighted by molar-refractivity contribution is 5.25. The van der Waals surface area contributed by atoms with Crippen LogP contribution in [0.1, 0.15) is 99.3 Å². The van der Waals surface area contributed by atoms with Crippen molar-refractivity contribution in [2.24, 2.45) is 46.3 Å². The van der Waals surface area contributed by atoms with Crippen molar-refractivity contribution >= 4 is 0 Å². The van der Waals surface area contributed by atoms with E-state index in [0.29, 0.717) is 10.8 Å². The van der Waals surface area contributed by atoms with E-state index in [0.717, 1.165) is 48.3 Å². The van der Waals surface area contributed by atoms with Crippen LogP contribution >= 0.6 is 0 Å². The van der Waals surface area contributed by atoms with Gasteiger partial charge in [-0.3, -0.25) is 0 Å². The third kappa shape index (κ3) is 3.68. The zero-order valence-corrected chi connectivity index (χ0v) is 20.0. The Morgan fingerprint density at radius 3 is 2.59 bits per heavy atom. The number of fused-ring (bicyclic) bond motifs is 5. The zero-order valence-electron chi connectivity index (χ0n) is 20.0. The minimum absolute atomic E-state index is 0.0858. The molecule has 0 radical (unpaired) electrons. The van der Waals surface area contributed by atoms with Crippen LogP contribution in [0.4, 0.5) is 0 Å². The molecule has 3 fully saturated rings. The quantitative estimate of drug-likeness (QED) is 0.484. The molecule has 4 aliphatic carbocycles. The van der Waals surface area contributed by atoms with Gasteiger partial charge < -0.3 is 5.11 Å². The van der Waals surface area contributed by atoms with Gasteiger partial charge in [-0.25, -0.2) is 0 Å². The molecule has 3 saturated carbocycles. The van der Waals surface area contributed by atoms with Gasteiger partial charge in [-0.1, -0.05) is 57.9 Å². The van der Waals surface area contributed by atoms with Crippen molar-refractivity contribution in [3.8, 4) is 0 Å². The van der Waals surface area contributed by atoms with Crippen LogP contribution in [-0.2, 0) is 0 Å². The Kier molecular flexibility index (Phi) is 5.86. The summed E-state index contributed by atoms with van der Waals surface area (Å²) in [4.78, 5) is 0. The van der Waals surface area contributed by atoms with E-state index in [2.05, 4.69) is 53.7 Å². The van der Waals surface area contributed by atoms with Crippen molar-refractivity contribution in [2.75, 3.05) is 0 Å². The zero-order chi connectivity index (χ0) is 21.0. The van der Waals surface area contributed by atoms with Crippen molar-refractivity contribution in [1.29, 1.82) is 0 Å². The lowest BCUT2D eigenvalue weighted by Gasteiger charge is -2.58. The van der Waals surface area contributed by atoms with Gasteiger partial charge >= 0.3 is 0 Å². The third-order valence-corrected chi connectivity index (χ3v) is 10.1. The van der Waals surface area contributed by atoms with Crippen LogP contribution in [0.25, 0.3) is 0 Å². The fourth-order valence-electron chi connectivity index (χ4n) is 8.82. The molecule has 0 amide bonds. The van der Waals surface area contributed by atoms with Gasteiger partial charge in [-0.2, -0.15) is 0 Å². The minimum Gasteiger partial charge on any atom is -0.393 e. The average Bonchev–Trinajstić information content (AvgIpc) is 2.99. The normalized spacial score (nSPS) is 46.0. The van der Waals surface area contributed by atoms with Gasteiger partial charge in [0.15, 0.2) is 0 Å². The SMILES string of the molecule is C/C(=C\[C@H](C)[C@H]1CC[C@@H]2[C@H]3CC=C4C[C@@H](O)CC[C@]4(C)[C@@H]3CC[C@@]21C)CC(C)C. The summed E-state index contributed by atoms with van der Waals surface area (Å²) in [7, 11) is 0. The summed E-state index contributed by atoms with van der Waals surface area (Å²) in [5.41, 5.74) is 4.12. The van der Waals surface area contributed by atoms with E-state index in [9.17, 15) is 5.11 Å². The first kappa shape index (κ1) is 21.7. The summed E-state index contributed by atoms with van der Waals surface area (Å²) in [6.45, 7) is 14.8. The van der Waals surface area contributed by atoms with Crippen molar-refractivity contribution in [3.63, 3.8) is 0 Å². The summed E-state index contributed by atoms with van der Waals surface area (Å²) >= 11 is 0. The highest BCUT2D eigenvalue weighted by atomic mass is 16.3. The topological polar surface area (TPSA) is 20.2 Å². The molecule has 29 heavy (non-hydrogen) atoms. The molecule has 0 aromatic carbocycles. The Bertz CT molecular complexity index is 672. The Morgan fingerprint density at radius 2 is 1.86 bits per heavy atom. The highest BCUT2D eigenvalue weighted by Crippen LogP contribution is 2.67. The molecule has 0 aliphatic heterocycles. The number of rotatable bonds is 4. The molecule has 0 heterocycles. The fraction of sp³-hybridized carbons (Fsp3) is 0.857. The smallest absolute Gasteiger partial charge is 0.0577 e. The van der Waals surface area contributed by atoms with Gasteiger partial charge in [0.25, 0.3) is 0 Å². The number of hydrogen-bond donors (Lipinski definition) is 1. The molecule has 164 valence electrons. The molecule has 8 atom stereocenters. The molecule has 1 nitrogen and oxygen atoms in total. The number of aliphatic hydroxyl groups is 1. The largest absolute Gasteiger partial charge is 0.393 e. The van der Waals surface area contributed by atoms with Crippen molar-refractivity contribution < 1.29 is 5.11 Å². The van der Waals surface area contributed by atoms with E-state index in [-0.39, 0.29) is 6.10 Å². The highest BCUT2D eigenvalue weighted by Gasteiger charge is 2.58. The Hall–Kier alpha value is -0.560. The van der Waals surface area contributed by atoms with Crippen LogP contribution in [-0.4, -0.2) is 11.2 Å². The van der Waals surface area contributed by atoms with Crippen LogP contribution in [0.3, 0.4) is 0 Å². The molecular weight excluding hydrogens is 352 g/mol. The summed E-state index contributed by atoms with van der Waals surface area (Å²) in [6.07, 6.45) is 16.6. The lowest BCUT2D eigenvalue weighted by Crippen LogP contribution is -2.50. The molecule has 4 aliphatic rings. The molecule has 0 aromatic heterocycles. The third-order valence-electron chi connectivity index (χ3n) is 10.1. The van der Waals surface area contributed by atoms with Crippen LogP contribution < -0.4 is 0 Å². The second kappa shape index (κ2) is 7.85. The Morgan fingerprint density at radius 1 is 1.10 bits per heavy atom. The van der Waals surface area contributed by atoms with Gasteiger partial charge in [-0.15, -0.1) is 0 Å². The lowest BCUT2D eigenvalue weighted by atomic mass is 9.47. The molecule has 1 heteroatoms. The van der Waals surface area contributed by atoms with Crippen LogP contribution in [0.5, 0.6) is 0 Å². The van der Waals surface area contributed by atoms with Crippen molar-refractivity contribution in [3.05, 3.63) is 23.3 Å². The Balaban J connectivity index is 1.54. The second-order valence-corrected chi connectivity index (χ2v) is 12.4. The standard InChI is InChI=1S/C28H46O/c1-18(2)15-19(3)16-20(4)24-9-10-25-23-8-7-21-17-22(29)11-13-27(21,5)26(23)12-14-28(24,25)6/h7,16,18,20,22-26,29H,8-15,17H2,1-6H3/b19-16+/t20-,22-,23+,24+,25+,26+,27-,28+/m0/s1. The lowest BCUT2D eigenvalue weighted by molar-refractivity contribution is -0.0541. The van der Waals surface area contributed by atoms with Gasteiger partial charge in [0.2, 0.25) is 0 Å². The molecule has 0 aromatic rings. The van der Waals surface area contributed by atoms with E-state index in [1.165, 1.54) is 44.9 Å². The monoisotopic (exact) mass is 398 g/mol. The predicted octanol–water partition coefficient (Wildman–Crippen LogP) is 7.55. The first-order valence-electron chi connectivity index (χ1n) is 12.7. The van der Waals surface area contributed by atoms with E-state index < -0.39 is 0 Å². The first-order chi connectivity index (χ1) is 13.6. The predicted molar refractivity (Wildman–Crippen MR) is 124 cm³/mol. The maximum Gasteiger partial charge on any atom is 0.0577 e. The molecule has 1 N–H and O–H groups in total. The van der Waals surface area contributed by atoms with Gasteiger partial charge in [0.05, 0.1) is 6.10 Å². The average molecular weight is 399 g/mol. The van der Waals surface area contributed by atoms with Gasteiger partial charge in [0.1, 0.15) is 0 Å². The summed E-state index contributed by atoms with van der Waals surface area (Å²) < 4.78 is 0. The van der Waals surface area contributed by atoms with Crippen molar-refractivity contribution in [1.82, 2.24) is 0 Å². The molecule has 0 bridgehead atoms. The molecule has 0 spiro atoms. The maximum atomic E-state index is 10.2. The number of hydrogen-bond acceptors (Lipinski definition) is 1. The molecule has 0 saturated heterocycles. The Labute approximate surface area is 180 Å². The van der Waals surface area contributed by atoms with E-state index >= 15 is 0 Å². The fourth-order valence-corrected chi connectivity index (χ4v) is 8.82. The van der Waals surface area contributed by atoms with Crippen LogP contribution in [0, 0.1) is 46.3 Å². The molecule has 4 rings (SSSR count). The van der Waals surface area contributed by atoms with Gasteiger partial charge in [-0.05, 0) is 111 Å². The van der Waals surface area contributed by atoms with Gasteiger partial charge in [0, 0.05) is 0 Å². The first-order valence-corrected chi connectivity index (χ1v) is 12.7. The van der Waals surface area contributed by atoms with Crippen molar-refractivity contribution in [2.45, 2.75) is 105 Å². The number of aliphatic hydroxyl groups excluding tert-OH is 1. The molecule has 0 unspecified atom stereocenters. The van der Waals surface area contributed by atoms with E-state index in [1.54, 1.807) is 11.1 Å². The van der Waals surface area contributed by atoms with Crippen LogP contribution in [0.15, 0.2) is 23.3 Å². The maximum absolute atomic E-state index is 10.2. The summed E-state index contributed by atoms with van der Waals surface area (Å²) in [6, 6.07) is 0. The number of allylic oxidation sites excluding steroid dienone is 3. The van der Waals surface area contributed by atoms with Crippen LogP contribution in [0.2, 0.25) is 0 Å². The second-order valence-electron chi connectivity index (χ2n) is 12.4. The minimum atomic E-state index is -0.0858. The van der Waals surface area contributed by atoms with E-state index in [1.807, 2.05) is 0 Å². The summed E-state index contributed by atoms with van der Waals surface area (Å²) in [5.74, 6) is 5.00. The summed E-state index contributed by atoms with van der Waals surface area (Å²) in [5, 5.41) is 10.2. The van der Waals surface area contributed by atoms with E-state index in [4.69, 9.17) is 0 Å².